The van der Waals surface area contributed by atoms with E-state index in [-0.39, 0.29) is 0 Å². The summed E-state index contributed by atoms with van der Waals surface area (Å²) in [5.41, 5.74) is 9.52. The molecule has 2 aromatic carbocycles. The van der Waals surface area contributed by atoms with Crippen LogP contribution >= 0.6 is 0 Å². The highest BCUT2D eigenvalue weighted by molar-refractivity contribution is 5.77. The van der Waals surface area contributed by atoms with Gasteiger partial charge in [-0.1, -0.05) is 23.8 Å². The second-order valence-electron chi connectivity index (χ2n) is 8.63. The Hall–Kier alpha value is -2.76. The van der Waals surface area contributed by atoms with Gasteiger partial charge in [0.1, 0.15) is 11.0 Å². The minimum absolute atomic E-state index is 0.317. The lowest BCUT2D eigenvalue weighted by atomic mass is 10.00. The van der Waals surface area contributed by atoms with E-state index in [0.29, 0.717) is 6.04 Å². The van der Waals surface area contributed by atoms with Gasteiger partial charge in [0.05, 0.1) is 17.1 Å². The van der Waals surface area contributed by atoms with Gasteiger partial charge in [0.15, 0.2) is 0 Å². The van der Waals surface area contributed by atoms with Gasteiger partial charge in [0, 0.05) is 6.54 Å². The third kappa shape index (κ3) is 3.95. The zero-order chi connectivity index (χ0) is 21.3. The van der Waals surface area contributed by atoms with Gasteiger partial charge in [0.2, 0.25) is 0 Å². The molecule has 2 aromatic heterocycles. The van der Waals surface area contributed by atoms with E-state index >= 15 is 0 Å². The summed E-state index contributed by atoms with van der Waals surface area (Å²) in [5.74, 6) is 0. The van der Waals surface area contributed by atoms with Gasteiger partial charge in [-0.05, 0) is 99.9 Å². The Morgan fingerprint density at radius 3 is 2.33 bits per heavy atom. The average molecular weight is 405 g/mol. The molecule has 30 heavy (non-hydrogen) atoms. The van der Waals surface area contributed by atoms with Crippen molar-refractivity contribution >= 4 is 22.1 Å². The molecular weight excluding hydrogens is 372 g/mol. The standard InChI is InChI=1S/C24H32N6/c1-6-7-11-29-23-15-20(18(4)13-21(23)25-27-29)10-8-9-19(5)30-24-14-17(3)16(2)12-22(24)26-28-30/h12-15,19H,6-11H2,1-5H3. The summed E-state index contributed by atoms with van der Waals surface area (Å²) in [4.78, 5) is 0. The van der Waals surface area contributed by atoms with Crippen LogP contribution in [-0.2, 0) is 13.0 Å². The van der Waals surface area contributed by atoms with Crippen LogP contribution in [0.1, 0.15) is 67.8 Å². The van der Waals surface area contributed by atoms with Gasteiger partial charge in [0.25, 0.3) is 0 Å². The SMILES string of the molecule is CCCCn1nnc2cc(C)c(CCCC(C)n3nnc4cc(C)c(C)cc43)cc21. The fourth-order valence-electron chi connectivity index (χ4n) is 4.13. The van der Waals surface area contributed by atoms with E-state index in [0.717, 1.165) is 60.7 Å². The predicted molar refractivity (Wildman–Crippen MR) is 122 cm³/mol. The molecule has 0 fully saturated rings. The van der Waals surface area contributed by atoms with Crippen molar-refractivity contribution in [3.05, 3.63) is 46.5 Å². The van der Waals surface area contributed by atoms with Crippen molar-refractivity contribution in [1.82, 2.24) is 30.0 Å². The summed E-state index contributed by atoms with van der Waals surface area (Å²) in [7, 11) is 0. The maximum Gasteiger partial charge on any atom is 0.113 e. The maximum absolute atomic E-state index is 4.44. The molecule has 0 radical (unpaired) electrons. The molecule has 0 N–H and O–H groups in total. The number of benzene rings is 2. The molecule has 6 heteroatoms. The lowest BCUT2D eigenvalue weighted by Crippen LogP contribution is -2.08. The van der Waals surface area contributed by atoms with Crippen LogP contribution in [0.3, 0.4) is 0 Å². The van der Waals surface area contributed by atoms with Crippen LogP contribution in [0.25, 0.3) is 22.1 Å². The third-order valence-electron chi connectivity index (χ3n) is 6.27. The van der Waals surface area contributed by atoms with E-state index in [1.807, 2.05) is 0 Å². The molecule has 6 nitrogen and oxygen atoms in total. The van der Waals surface area contributed by atoms with Gasteiger partial charge in [-0.3, -0.25) is 0 Å². The minimum atomic E-state index is 0.317. The maximum atomic E-state index is 4.44. The van der Waals surface area contributed by atoms with E-state index in [4.69, 9.17) is 0 Å². The number of aryl methyl sites for hydroxylation is 5. The first-order valence-corrected chi connectivity index (χ1v) is 11.1. The molecule has 0 amide bonds. The number of nitrogens with zero attached hydrogens (tertiary/aromatic N) is 6. The molecule has 1 unspecified atom stereocenters. The number of hydrogen-bond acceptors (Lipinski definition) is 4. The van der Waals surface area contributed by atoms with Crippen LogP contribution in [-0.4, -0.2) is 30.0 Å². The van der Waals surface area contributed by atoms with Crippen molar-refractivity contribution in [2.24, 2.45) is 0 Å². The number of aromatic nitrogens is 6. The summed E-state index contributed by atoms with van der Waals surface area (Å²) < 4.78 is 4.14. The zero-order valence-electron chi connectivity index (χ0n) is 18.8. The van der Waals surface area contributed by atoms with Crippen LogP contribution in [0.5, 0.6) is 0 Å². The predicted octanol–water partition coefficient (Wildman–Crippen LogP) is 5.49. The van der Waals surface area contributed by atoms with Crippen molar-refractivity contribution < 1.29 is 0 Å². The average Bonchev–Trinajstić information content (AvgIpc) is 3.30. The molecule has 158 valence electrons. The van der Waals surface area contributed by atoms with Gasteiger partial charge in [-0.25, -0.2) is 9.36 Å². The van der Waals surface area contributed by atoms with Crippen molar-refractivity contribution in [3.8, 4) is 0 Å². The Bertz CT molecular complexity index is 1170. The molecule has 0 saturated carbocycles. The summed E-state index contributed by atoms with van der Waals surface area (Å²) in [6, 6.07) is 9.14. The summed E-state index contributed by atoms with van der Waals surface area (Å²) in [6.45, 7) is 11.8. The Morgan fingerprint density at radius 1 is 0.833 bits per heavy atom. The number of fused-ring (bicyclic) bond motifs is 2. The van der Waals surface area contributed by atoms with Crippen LogP contribution < -0.4 is 0 Å². The molecule has 0 aliphatic heterocycles. The first-order chi connectivity index (χ1) is 14.5. The fourth-order valence-corrected chi connectivity index (χ4v) is 4.13. The zero-order valence-corrected chi connectivity index (χ0v) is 18.8. The van der Waals surface area contributed by atoms with Crippen molar-refractivity contribution in [2.45, 2.75) is 79.3 Å². The number of hydrogen-bond donors (Lipinski definition) is 0. The molecule has 0 aliphatic carbocycles. The Balaban J connectivity index is 1.46. The molecule has 0 saturated heterocycles. The Kier molecular flexibility index (Phi) is 5.84. The Labute approximate surface area is 178 Å². The normalized spacial score (nSPS) is 12.8. The highest BCUT2D eigenvalue weighted by Gasteiger charge is 2.13. The van der Waals surface area contributed by atoms with E-state index in [1.165, 1.54) is 22.3 Å². The molecule has 4 rings (SSSR count). The van der Waals surface area contributed by atoms with E-state index in [9.17, 15) is 0 Å². The fraction of sp³-hybridized carbons (Fsp3) is 0.500. The van der Waals surface area contributed by atoms with Gasteiger partial charge in [-0.15, -0.1) is 10.2 Å². The summed E-state index contributed by atoms with van der Waals surface area (Å²) >= 11 is 0. The first-order valence-electron chi connectivity index (χ1n) is 11.1. The molecular formula is C24H32N6. The monoisotopic (exact) mass is 404 g/mol. The minimum Gasteiger partial charge on any atom is -0.245 e. The Morgan fingerprint density at radius 2 is 1.53 bits per heavy atom. The van der Waals surface area contributed by atoms with Crippen LogP contribution in [0.15, 0.2) is 24.3 Å². The van der Waals surface area contributed by atoms with E-state index in [2.05, 4.69) is 88.9 Å². The molecule has 2 heterocycles. The largest absolute Gasteiger partial charge is 0.245 e. The molecule has 4 aromatic rings. The van der Waals surface area contributed by atoms with E-state index in [1.54, 1.807) is 0 Å². The molecule has 0 bridgehead atoms. The number of unbranched alkanes of at least 4 members (excludes halogenated alkanes) is 1. The highest BCUT2D eigenvalue weighted by atomic mass is 15.4. The second-order valence-corrected chi connectivity index (χ2v) is 8.63. The molecule has 0 aliphatic rings. The topological polar surface area (TPSA) is 61.4 Å². The number of rotatable bonds is 8. The summed E-state index contributed by atoms with van der Waals surface area (Å²) in [6.07, 6.45) is 5.51. The van der Waals surface area contributed by atoms with Crippen LogP contribution in [0, 0.1) is 20.8 Å². The molecule has 1 atom stereocenters. The highest BCUT2D eigenvalue weighted by Crippen LogP contribution is 2.24. The quantitative estimate of drug-likeness (QED) is 0.390. The lowest BCUT2D eigenvalue weighted by Gasteiger charge is -2.14. The van der Waals surface area contributed by atoms with E-state index < -0.39 is 0 Å². The van der Waals surface area contributed by atoms with Crippen LogP contribution in [0.4, 0.5) is 0 Å². The van der Waals surface area contributed by atoms with Crippen molar-refractivity contribution in [2.75, 3.05) is 0 Å². The smallest absolute Gasteiger partial charge is 0.113 e. The van der Waals surface area contributed by atoms with Crippen molar-refractivity contribution in [3.63, 3.8) is 0 Å². The lowest BCUT2D eigenvalue weighted by molar-refractivity contribution is 0.447. The summed E-state index contributed by atoms with van der Waals surface area (Å²) in [5, 5.41) is 17.5. The van der Waals surface area contributed by atoms with Gasteiger partial charge in [-0.2, -0.15) is 0 Å². The third-order valence-corrected chi connectivity index (χ3v) is 6.27. The second kappa shape index (κ2) is 8.54. The van der Waals surface area contributed by atoms with Crippen LogP contribution in [0.2, 0.25) is 0 Å². The first kappa shape index (κ1) is 20.5. The van der Waals surface area contributed by atoms with Gasteiger partial charge < -0.3 is 0 Å². The van der Waals surface area contributed by atoms with Gasteiger partial charge >= 0.3 is 0 Å². The van der Waals surface area contributed by atoms with Crippen molar-refractivity contribution in [1.29, 1.82) is 0 Å². The molecule has 0 spiro atoms.